The molecule has 0 aliphatic carbocycles. The van der Waals surface area contributed by atoms with Crippen molar-refractivity contribution in [3.05, 3.63) is 35.8 Å². The lowest BCUT2D eigenvalue weighted by Crippen LogP contribution is -2.22. The van der Waals surface area contributed by atoms with Crippen LogP contribution in [0.3, 0.4) is 0 Å². The fraction of sp³-hybridized carbons (Fsp3) is 0.429. The average molecular weight is 265 g/mol. The molecule has 2 heterocycles. The van der Waals surface area contributed by atoms with Crippen LogP contribution >= 0.6 is 0 Å². The summed E-state index contributed by atoms with van der Waals surface area (Å²) in [6.07, 6.45) is 0.459. The maximum Gasteiger partial charge on any atom is 0.159 e. The van der Waals surface area contributed by atoms with Crippen LogP contribution in [0.2, 0.25) is 0 Å². The number of nitrogens with one attached hydrogen (secondary N) is 1. The monoisotopic (exact) mass is 265 g/mol. The lowest BCUT2D eigenvalue weighted by Gasteiger charge is -2.17. The van der Waals surface area contributed by atoms with Crippen LogP contribution in [0.4, 0.5) is 4.39 Å². The van der Waals surface area contributed by atoms with Gasteiger partial charge in [0.15, 0.2) is 6.29 Å². The van der Waals surface area contributed by atoms with E-state index < -0.39 is 0 Å². The second-order valence-electron chi connectivity index (χ2n) is 4.58. The topological polar surface area (TPSA) is 43.6 Å². The third-order valence-corrected chi connectivity index (χ3v) is 3.31. The molecule has 0 bridgehead atoms. The van der Waals surface area contributed by atoms with Crippen LogP contribution in [0, 0.1) is 5.82 Å². The lowest BCUT2D eigenvalue weighted by molar-refractivity contribution is -0.0537. The predicted octanol–water partition coefficient (Wildman–Crippen LogP) is 2.60. The Morgan fingerprint density at radius 3 is 2.84 bits per heavy atom. The molecule has 1 unspecified atom stereocenters. The van der Waals surface area contributed by atoms with Gasteiger partial charge in [-0.05, 0) is 31.3 Å². The number of hydrogen-bond donors (Lipinski definition) is 1. The summed E-state index contributed by atoms with van der Waals surface area (Å²) in [5.74, 6) is 0.505. The van der Waals surface area contributed by atoms with Crippen LogP contribution in [0.5, 0.6) is 0 Å². The first-order valence-electron chi connectivity index (χ1n) is 6.36. The zero-order valence-electron chi connectivity index (χ0n) is 10.7. The Hall–Kier alpha value is -1.43. The summed E-state index contributed by atoms with van der Waals surface area (Å²) < 4.78 is 29.8. The molecule has 1 N–H and O–H groups in total. The van der Waals surface area contributed by atoms with Gasteiger partial charge in [0.2, 0.25) is 0 Å². The highest BCUT2D eigenvalue weighted by molar-refractivity contribution is 5.78. The van der Waals surface area contributed by atoms with Crippen LogP contribution in [0.15, 0.2) is 28.7 Å². The van der Waals surface area contributed by atoms with Crippen molar-refractivity contribution in [3.8, 4) is 0 Å². The second kappa shape index (κ2) is 5.28. The van der Waals surface area contributed by atoms with Crippen LogP contribution in [0.25, 0.3) is 11.0 Å². The highest BCUT2D eigenvalue weighted by Gasteiger charge is 2.23. The number of halogens is 1. The summed E-state index contributed by atoms with van der Waals surface area (Å²) in [6, 6.07) is 6.35. The third-order valence-electron chi connectivity index (χ3n) is 3.31. The predicted molar refractivity (Wildman–Crippen MR) is 68.3 cm³/mol. The molecule has 5 heteroatoms. The van der Waals surface area contributed by atoms with Gasteiger partial charge in [-0.3, -0.25) is 0 Å². The van der Waals surface area contributed by atoms with Crippen molar-refractivity contribution in [3.63, 3.8) is 0 Å². The highest BCUT2D eigenvalue weighted by atomic mass is 19.1. The Morgan fingerprint density at radius 1 is 1.32 bits per heavy atom. The van der Waals surface area contributed by atoms with Crippen molar-refractivity contribution in [1.82, 2.24) is 5.32 Å². The van der Waals surface area contributed by atoms with Gasteiger partial charge in [0.1, 0.15) is 17.2 Å². The normalized spacial score (nSPS) is 18.2. The van der Waals surface area contributed by atoms with E-state index in [4.69, 9.17) is 13.9 Å². The first-order valence-corrected chi connectivity index (χ1v) is 6.36. The fourth-order valence-corrected chi connectivity index (χ4v) is 2.32. The Kier molecular flexibility index (Phi) is 3.50. The van der Waals surface area contributed by atoms with Gasteiger partial charge in [-0.15, -0.1) is 0 Å². The molecule has 1 aromatic carbocycles. The molecule has 1 aromatic heterocycles. The number of ether oxygens (including phenoxy) is 2. The molecule has 19 heavy (non-hydrogen) atoms. The zero-order chi connectivity index (χ0) is 13.2. The SMILES string of the molecule is CNC(CC1OCCO1)c1cc2cc(F)ccc2o1. The molecule has 1 atom stereocenters. The Morgan fingerprint density at radius 2 is 2.11 bits per heavy atom. The van der Waals surface area contributed by atoms with Gasteiger partial charge in [0.25, 0.3) is 0 Å². The van der Waals surface area contributed by atoms with Gasteiger partial charge >= 0.3 is 0 Å². The van der Waals surface area contributed by atoms with E-state index in [2.05, 4.69) is 5.32 Å². The molecule has 1 fully saturated rings. The Bertz CT molecular complexity index is 563. The minimum absolute atomic E-state index is 0.0152. The molecule has 0 radical (unpaired) electrons. The zero-order valence-corrected chi connectivity index (χ0v) is 10.7. The van der Waals surface area contributed by atoms with Crippen LogP contribution in [0.1, 0.15) is 18.2 Å². The highest BCUT2D eigenvalue weighted by Crippen LogP contribution is 2.28. The summed E-state index contributed by atoms with van der Waals surface area (Å²) >= 11 is 0. The quantitative estimate of drug-likeness (QED) is 0.922. The molecule has 1 aliphatic rings. The molecule has 1 saturated heterocycles. The second-order valence-corrected chi connectivity index (χ2v) is 4.58. The van der Waals surface area contributed by atoms with Gasteiger partial charge in [-0.1, -0.05) is 0 Å². The van der Waals surface area contributed by atoms with Gasteiger partial charge in [-0.2, -0.15) is 0 Å². The molecule has 4 nitrogen and oxygen atoms in total. The van der Waals surface area contributed by atoms with E-state index in [-0.39, 0.29) is 18.1 Å². The first-order chi connectivity index (χ1) is 9.26. The Labute approximate surface area is 110 Å². The van der Waals surface area contributed by atoms with Crippen molar-refractivity contribution in [2.24, 2.45) is 0 Å². The maximum atomic E-state index is 13.2. The summed E-state index contributed by atoms with van der Waals surface area (Å²) in [5.41, 5.74) is 0.685. The van der Waals surface area contributed by atoms with Crippen LogP contribution in [-0.2, 0) is 9.47 Å². The number of hydrogen-bond acceptors (Lipinski definition) is 4. The Balaban J connectivity index is 1.83. The number of furan rings is 1. The molecule has 102 valence electrons. The first kappa shape index (κ1) is 12.6. The van der Waals surface area contributed by atoms with Crippen molar-refractivity contribution in [1.29, 1.82) is 0 Å². The smallest absolute Gasteiger partial charge is 0.159 e. The minimum atomic E-state index is -0.261. The van der Waals surface area contributed by atoms with E-state index in [0.717, 1.165) is 11.1 Å². The van der Waals surface area contributed by atoms with E-state index in [0.29, 0.717) is 25.2 Å². The van der Waals surface area contributed by atoms with Crippen molar-refractivity contribution in [2.45, 2.75) is 18.8 Å². The van der Waals surface area contributed by atoms with E-state index in [9.17, 15) is 4.39 Å². The lowest BCUT2D eigenvalue weighted by atomic mass is 10.1. The summed E-state index contributed by atoms with van der Waals surface area (Å²) in [5, 5.41) is 3.94. The molecule has 0 saturated carbocycles. The molecule has 3 rings (SSSR count). The van der Waals surface area contributed by atoms with Crippen LogP contribution in [-0.4, -0.2) is 26.6 Å². The summed E-state index contributed by atoms with van der Waals surface area (Å²) in [7, 11) is 1.85. The maximum absolute atomic E-state index is 13.2. The van der Waals surface area contributed by atoms with Gasteiger partial charge in [0.05, 0.1) is 19.3 Å². The van der Waals surface area contributed by atoms with Crippen molar-refractivity contribution >= 4 is 11.0 Å². The van der Waals surface area contributed by atoms with Crippen molar-refractivity contribution < 1.29 is 18.3 Å². The average Bonchev–Trinajstić information content (AvgIpc) is 3.03. The summed E-state index contributed by atoms with van der Waals surface area (Å²) in [4.78, 5) is 0. The third kappa shape index (κ3) is 2.63. The van der Waals surface area contributed by atoms with E-state index in [1.807, 2.05) is 13.1 Å². The molecule has 2 aromatic rings. The molecule has 0 amide bonds. The van der Waals surface area contributed by atoms with Crippen molar-refractivity contribution in [2.75, 3.05) is 20.3 Å². The molecular formula is C14H16FNO3. The van der Waals surface area contributed by atoms with Crippen LogP contribution < -0.4 is 5.32 Å². The number of rotatable bonds is 4. The standard InChI is InChI=1S/C14H16FNO3/c1-16-11(8-14-17-4-5-18-14)13-7-9-6-10(15)2-3-12(9)19-13/h2-3,6-7,11,14,16H,4-5,8H2,1H3. The van der Waals surface area contributed by atoms with E-state index >= 15 is 0 Å². The van der Waals surface area contributed by atoms with Gasteiger partial charge < -0.3 is 19.2 Å². The molecule has 0 spiro atoms. The number of fused-ring (bicyclic) bond motifs is 1. The van der Waals surface area contributed by atoms with Gasteiger partial charge in [-0.25, -0.2) is 4.39 Å². The largest absolute Gasteiger partial charge is 0.459 e. The van der Waals surface area contributed by atoms with Gasteiger partial charge in [0, 0.05) is 11.8 Å². The summed E-state index contributed by atoms with van der Waals surface area (Å²) in [6.45, 7) is 1.26. The minimum Gasteiger partial charge on any atom is -0.459 e. The molecular weight excluding hydrogens is 249 g/mol. The number of benzene rings is 1. The van der Waals surface area contributed by atoms with E-state index in [1.165, 1.54) is 12.1 Å². The van der Waals surface area contributed by atoms with E-state index in [1.54, 1.807) is 6.07 Å². The molecule has 1 aliphatic heterocycles. The fourth-order valence-electron chi connectivity index (χ4n) is 2.32.